The third kappa shape index (κ3) is 4.73. The number of carbonyl (C=O) groups is 2. The molecule has 1 fully saturated rings. The summed E-state index contributed by atoms with van der Waals surface area (Å²) in [5.41, 5.74) is 1.64. The van der Waals surface area contributed by atoms with Gasteiger partial charge in [0.25, 0.3) is 5.56 Å². The number of anilines is 2. The lowest BCUT2D eigenvalue weighted by Crippen LogP contribution is -2.64. The minimum Gasteiger partial charge on any atom is -0.354 e. The van der Waals surface area contributed by atoms with Gasteiger partial charge < -0.3 is 15.1 Å². The van der Waals surface area contributed by atoms with Crippen molar-refractivity contribution in [2.24, 2.45) is 0 Å². The van der Waals surface area contributed by atoms with Gasteiger partial charge in [-0.3, -0.25) is 24.0 Å². The van der Waals surface area contributed by atoms with Crippen molar-refractivity contribution in [3.8, 4) is 16.8 Å². The molecule has 7 rings (SSSR count). The lowest BCUT2D eigenvalue weighted by molar-refractivity contribution is -0.130. The number of fused-ring (bicyclic) bond motifs is 6. The number of aromatic amines is 1. The van der Waals surface area contributed by atoms with Crippen molar-refractivity contribution >= 4 is 45.0 Å². The Morgan fingerprint density at radius 1 is 1.02 bits per heavy atom. The minimum absolute atomic E-state index is 0.00583. The van der Waals surface area contributed by atoms with Crippen molar-refractivity contribution in [1.82, 2.24) is 29.6 Å². The van der Waals surface area contributed by atoms with Gasteiger partial charge in [0.1, 0.15) is 23.9 Å². The Morgan fingerprint density at radius 2 is 1.71 bits per heavy atom. The van der Waals surface area contributed by atoms with E-state index in [2.05, 4.69) is 32.1 Å². The van der Waals surface area contributed by atoms with E-state index in [9.17, 15) is 14.4 Å². The van der Waals surface area contributed by atoms with Gasteiger partial charge in [0, 0.05) is 28.9 Å². The van der Waals surface area contributed by atoms with Crippen LogP contribution >= 0.6 is 0 Å². The number of aromatic nitrogens is 5. The predicted molar refractivity (Wildman–Crippen MR) is 184 cm³/mol. The summed E-state index contributed by atoms with van der Waals surface area (Å²) in [7, 11) is 0. The van der Waals surface area contributed by atoms with Gasteiger partial charge in [-0.2, -0.15) is 5.10 Å². The van der Waals surface area contributed by atoms with Crippen molar-refractivity contribution < 1.29 is 18.4 Å². The van der Waals surface area contributed by atoms with Gasteiger partial charge in [-0.05, 0) is 49.5 Å². The molecule has 252 valence electrons. The molecule has 11 nitrogen and oxygen atoms in total. The maximum Gasteiger partial charge on any atom is 0.281 e. The molecule has 3 aromatic heterocycles. The van der Waals surface area contributed by atoms with Gasteiger partial charge in [0.2, 0.25) is 11.8 Å². The largest absolute Gasteiger partial charge is 0.354 e. The average molecular weight is 667 g/mol. The zero-order valence-electron chi connectivity index (χ0n) is 28.1. The number of aryl methyl sites for hydroxylation is 1. The summed E-state index contributed by atoms with van der Waals surface area (Å²) in [5.74, 6) is -3.09. The van der Waals surface area contributed by atoms with Gasteiger partial charge in [0.05, 0.1) is 52.1 Å². The summed E-state index contributed by atoms with van der Waals surface area (Å²) in [5, 5.41) is 10.3. The highest BCUT2D eigenvalue weighted by atomic mass is 19.1. The second kappa shape index (κ2) is 11.6. The summed E-state index contributed by atoms with van der Waals surface area (Å²) in [6.07, 6.45) is 4.12. The molecule has 1 saturated heterocycles. The molecule has 2 unspecified atom stereocenters. The van der Waals surface area contributed by atoms with Crippen LogP contribution in [0.5, 0.6) is 0 Å². The molecule has 2 N–H and O–H groups in total. The van der Waals surface area contributed by atoms with E-state index in [1.54, 1.807) is 24.0 Å². The van der Waals surface area contributed by atoms with E-state index in [1.165, 1.54) is 34.1 Å². The standard InChI is InChI=1S/C36H36F2N8O3/c1-8-25(47)44-14-24-35(48)42-31-33(45(24)13-19(44)7)20-11-22(37)27(26-18(6)9-10-23-21(26)12-41-43-23)28(38)32(20)46(36(31)49)34-29(16(2)3)39-15-40-30(34)17(4)5/h8-12,15-17,19,24H,1,13-14H2,2-7H3,(H,41,43)(H,42,48). The summed E-state index contributed by atoms with van der Waals surface area (Å²) in [6.45, 7) is 14.9. The van der Waals surface area contributed by atoms with Gasteiger partial charge in [-0.1, -0.05) is 40.3 Å². The first-order valence-electron chi connectivity index (χ1n) is 16.2. The van der Waals surface area contributed by atoms with Crippen molar-refractivity contribution in [1.29, 1.82) is 0 Å². The molecule has 0 aliphatic carbocycles. The Hall–Kier alpha value is -5.46. The van der Waals surface area contributed by atoms with E-state index in [4.69, 9.17) is 0 Å². The number of rotatable bonds is 5. The van der Waals surface area contributed by atoms with Crippen LogP contribution in [-0.4, -0.2) is 66.6 Å². The van der Waals surface area contributed by atoms with Gasteiger partial charge >= 0.3 is 0 Å². The fourth-order valence-corrected chi connectivity index (χ4v) is 7.33. The first kappa shape index (κ1) is 32.1. The number of piperazine rings is 1. The Kier molecular flexibility index (Phi) is 7.60. The fourth-order valence-electron chi connectivity index (χ4n) is 7.33. The van der Waals surface area contributed by atoms with Gasteiger partial charge in [-0.25, -0.2) is 18.7 Å². The maximum atomic E-state index is 17.7. The van der Waals surface area contributed by atoms with E-state index in [0.717, 1.165) is 0 Å². The van der Waals surface area contributed by atoms with Crippen LogP contribution in [0, 0.1) is 18.6 Å². The zero-order valence-corrected chi connectivity index (χ0v) is 28.1. The Morgan fingerprint density at radius 3 is 2.37 bits per heavy atom. The molecule has 0 spiro atoms. The Balaban J connectivity index is 1.65. The molecule has 2 aromatic carbocycles. The molecule has 5 aromatic rings. The van der Waals surface area contributed by atoms with Crippen molar-refractivity contribution in [3.63, 3.8) is 0 Å². The number of benzene rings is 2. The molecule has 0 saturated carbocycles. The van der Waals surface area contributed by atoms with Crippen LogP contribution in [0.25, 0.3) is 38.6 Å². The molecule has 13 heteroatoms. The quantitative estimate of drug-likeness (QED) is 0.230. The molecule has 2 aliphatic heterocycles. The van der Waals surface area contributed by atoms with E-state index in [1.807, 2.05) is 34.6 Å². The van der Waals surface area contributed by atoms with Crippen LogP contribution in [0.4, 0.5) is 20.2 Å². The second-order valence-electron chi connectivity index (χ2n) is 13.4. The van der Waals surface area contributed by atoms with Gasteiger partial charge in [-0.15, -0.1) is 0 Å². The molecule has 2 amide bonds. The summed E-state index contributed by atoms with van der Waals surface area (Å²) in [4.78, 5) is 53.6. The number of hydrogen-bond acceptors (Lipinski definition) is 7. The topological polar surface area (TPSA) is 129 Å². The molecule has 0 bridgehead atoms. The normalized spacial score (nSPS) is 17.6. The highest BCUT2D eigenvalue weighted by molar-refractivity contribution is 6.12. The van der Waals surface area contributed by atoms with E-state index >= 15 is 8.78 Å². The van der Waals surface area contributed by atoms with E-state index < -0.39 is 35.2 Å². The first-order chi connectivity index (χ1) is 23.3. The van der Waals surface area contributed by atoms with Crippen LogP contribution in [0.1, 0.15) is 63.4 Å². The first-order valence-corrected chi connectivity index (χ1v) is 16.2. The van der Waals surface area contributed by atoms with E-state index in [0.29, 0.717) is 33.4 Å². The fraction of sp³-hybridized carbons (Fsp3) is 0.333. The van der Waals surface area contributed by atoms with Crippen molar-refractivity contribution in [2.75, 3.05) is 23.3 Å². The number of nitrogens with one attached hydrogen (secondary N) is 2. The monoisotopic (exact) mass is 666 g/mol. The van der Waals surface area contributed by atoms with Crippen LogP contribution in [0.3, 0.4) is 0 Å². The molecular formula is C36H36F2N8O3. The average Bonchev–Trinajstić information content (AvgIpc) is 3.54. The molecule has 2 atom stereocenters. The molecule has 5 heterocycles. The van der Waals surface area contributed by atoms with Crippen molar-refractivity contribution in [3.05, 3.63) is 82.3 Å². The summed E-state index contributed by atoms with van der Waals surface area (Å²) >= 11 is 0. The van der Waals surface area contributed by atoms with Gasteiger partial charge in [0.15, 0.2) is 5.82 Å². The number of pyridine rings is 1. The minimum atomic E-state index is -0.957. The summed E-state index contributed by atoms with van der Waals surface area (Å²) in [6, 6.07) is 3.45. The van der Waals surface area contributed by atoms with Crippen LogP contribution in [0.2, 0.25) is 0 Å². The Labute approximate surface area is 280 Å². The zero-order chi connectivity index (χ0) is 35.0. The SMILES string of the molecule is C=CC(=O)N1CC2C(=O)Nc3c(c4cc(F)c(-c5c(C)ccc6[nH]ncc56)c(F)c4n(-c4c(C(C)C)ncnc4C(C)C)c3=O)N2CC1C. The number of nitrogens with zero attached hydrogens (tertiary/aromatic N) is 6. The Bertz CT molecular complexity index is 2270. The van der Waals surface area contributed by atoms with E-state index in [-0.39, 0.29) is 64.4 Å². The third-order valence-corrected chi connectivity index (χ3v) is 9.64. The maximum absolute atomic E-state index is 17.7. The highest BCUT2D eigenvalue weighted by Crippen LogP contribution is 2.45. The number of halogens is 2. The number of hydrogen-bond donors (Lipinski definition) is 2. The molecular weight excluding hydrogens is 630 g/mol. The smallest absolute Gasteiger partial charge is 0.281 e. The third-order valence-electron chi connectivity index (χ3n) is 9.64. The lowest BCUT2D eigenvalue weighted by Gasteiger charge is -2.48. The second-order valence-corrected chi connectivity index (χ2v) is 13.4. The highest BCUT2D eigenvalue weighted by Gasteiger charge is 2.44. The predicted octanol–water partition coefficient (Wildman–Crippen LogP) is 5.70. The number of H-pyrrole nitrogens is 1. The number of carbonyl (C=O) groups excluding carboxylic acids is 2. The lowest BCUT2D eigenvalue weighted by atomic mass is 9.92. The van der Waals surface area contributed by atoms with Crippen LogP contribution in [-0.2, 0) is 9.59 Å². The molecule has 2 aliphatic rings. The molecule has 49 heavy (non-hydrogen) atoms. The number of amides is 2. The van der Waals surface area contributed by atoms with Crippen LogP contribution in [0.15, 0.2) is 48.2 Å². The van der Waals surface area contributed by atoms with Crippen LogP contribution < -0.4 is 15.8 Å². The van der Waals surface area contributed by atoms with Crippen molar-refractivity contribution in [2.45, 2.75) is 65.5 Å². The molecule has 0 radical (unpaired) electrons. The summed E-state index contributed by atoms with van der Waals surface area (Å²) < 4.78 is 35.7.